The van der Waals surface area contributed by atoms with E-state index in [1.54, 1.807) is 20.8 Å². The van der Waals surface area contributed by atoms with Gasteiger partial charge in [0.05, 0.1) is 39.6 Å². The third-order valence-corrected chi connectivity index (χ3v) is 9.22. The van der Waals surface area contributed by atoms with E-state index in [4.69, 9.17) is 33.5 Å². The third-order valence-electron chi connectivity index (χ3n) is 9.22. The minimum atomic E-state index is -1.05. The molecule has 362 valence electrons. The molecule has 4 N–H and O–H groups in total. The van der Waals surface area contributed by atoms with Crippen molar-refractivity contribution in [3.63, 3.8) is 0 Å². The monoisotopic (exact) mass is 888 g/mol. The van der Waals surface area contributed by atoms with Crippen LogP contribution in [0.25, 0.3) is 0 Å². The van der Waals surface area contributed by atoms with Gasteiger partial charge in [0.25, 0.3) is 0 Å². The van der Waals surface area contributed by atoms with E-state index >= 15 is 0 Å². The van der Waals surface area contributed by atoms with Crippen LogP contribution in [0.2, 0.25) is 0 Å². The van der Waals surface area contributed by atoms with Gasteiger partial charge in [-0.2, -0.15) is 0 Å². The Morgan fingerprint density at radius 3 is 1.32 bits per heavy atom. The molecule has 0 heterocycles. The summed E-state index contributed by atoms with van der Waals surface area (Å²) in [5, 5.41) is 16.7. The maximum absolute atomic E-state index is 12.9. The van der Waals surface area contributed by atoms with Crippen LogP contribution in [-0.2, 0) is 57.2 Å². The predicted octanol–water partition coefficient (Wildman–Crippen LogP) is 6.73. The van der Waals surface area contributed by atoms with Crippen LogP contribution >= 0.6 is 0 Å². The summed E-state index contributed by atoms with van der Waals surface area (Å²) >= 11 is 0. The largest absolute Gasteiger partial charge is 0.480 e. The molecule has 0 aliphatic heterocycles. The Kier molecular flexibility index (Phi) is 36.1. The number of amides is 3. The molecule has 16 heteroatoms. The summed E-state index contributed by atoms with van der Waals surface area (Å²) in [5.41, 5.74) is -1.11. The highest BCUT2D eigenvalue weighted by Gasteiger charge is 2.26. The second kappa shape index (κ2) is 38.1. The molecule has 0 saturated carbocycles. The van der Waals surface area contributed by atoms with Gasteiger partial charge in [-0.25, -0.2) is 9.59 Å². The number of aliphatic carboxylic acids is 1. The molecule has 0 unspecified atom stereocenters. The molecule has 0 aliphatic rings. The second-order valence-corrected chi connectivity index (χ2v) is 17.7. The van der Waals surface area contributed by atoms with Gasteiger partial charge in [0.15, 0.2) is 0 Å². The average Bonchev–Trinajstić information content (AvgIpc) is 3.17. The number of ether oxygens (including phenoxy) is 6. The number of rotatable bonds is 41. The number of hydrogen-bond acceptors (Lipinski definition) is 12. The Hall–Kier alpha value is -3.34. The lowest BCUT2D eigenvalue weighted by Gasteiger charge is -2.24. The number of carbonyl (C=O) groups excluding carboxylic acids is 5. The van der Waals surface area contributed by atoms with Gasteiger partial charge in [-0.15, -0.1) is 0 Å². The maximum atomic E-state index is 12.9. The quantitative estimate of drug-likeness (QED) is 0.0371. The summed E-state index contributed by atoms with van der Waals surface area (Å²) in [6.07, 6.45) is 20.3. The van der Waals surface area contributed by atoms with E-state index in [1.165, 1.54) is 64.2 Å². The number of unbranched alkanes of at least 4 members (excludes halogenated alkanes) is 15. The zero-order chi connectivity index (χ0) is 46.3. The van der Waals surface area contributed by atoms with Crippen molar-refractivity contribution in [1.82, 2.24) is 16.0 Å². The van der Waals surface area contributed by atoms with Crippen molar-refractivity contribution in [3.8, 4) is 0 Å². The first-order valence-electron chi connectivity index (χ1n) is 23.3. The molecule has 0 aromatic rings. The van der Waals surface area contributed by atoms with Gasteiger partial charge in [0.2, 0.25) is 17.7 Å². The highest BCUT2D eigenvalue weighted by molar-refractivity contribution is 5.84. The number of nitrogens with one attached hydrogen (secondary N) is 3. The number of hydrogen-bond donors (Lipinski definition) is 4. The number of carboxylic acid groups (broad SMARTS) is 1. The fourth-order valence-electron chi connectivity index (χ4n) is 6.21. The third kappa shape index (κ3) is 43.3. The lowest BCUT2D eigenvalue weighted by Crippen LogP contribution is -2.44. The van der Waals surface area contributed by atoms with Crippen molar-refractivity contribution >= 4 is 35.6 Å². The Morgan fingerprint density at radius 1 is 0.452 bits per heavy atom. The van der Waals surface area contributed by atoms with Crippen LogP contribution in [0.4, 0.5) is 0 Å². The summed E-state index contributed by atoms with van der Waals surface area (Å²) in [4.78, 5) is 72.0. The molecule has 0 saturated heterocycles. The van der Waals surface area contributed by atoms with Gasteiger partial charge in [0, 0.05) is 32.4 Å². The summed E-state index contributed by atoms with van der Waals surface area (Å²) in [7, 11) is 0. The van der Waals surface area contributed by atoms with Crippen LogP contribution in [0.5, 0.6) is 0 Å². The molecule has 0 bridgehead atoms. The van der Waals surface area contributed by atoms with Crippen molar-refractivity contribution in [2.45, 2.75) is 194 Å². The first kappa shape index (κ1) is 58.7. The Labute approximate surface area is 372 Å². The number of carboxylic acids is 1. The van der Waals surface area contributed by atoms with Crippen LogP contribution in [0.15, 0.2) is 0 Å². The lowest BCUT2D eigenvalue weighted by molar-refractivity contribution is -0.159. The fraction of sp³-hybridized carbons (Fsp3) is 0.870. The molecule has 0 radical (unpaired) electrons. The summed E-state index contributed by atoms with van der Waals surface area (Å²) in [6, 6.07) is -0.826. The van der Waals surface area contributed by atoms with Gasteiger partial charge in [-0.05, 0) is 67.2 Å². The first-order valence-corrected chi connectivity index (χ1v) is 23.3. The van der Waals surface area contributed by atoms with Crippen LogP contribution < -0.4 is 16.0 Å². The smallest absolute Gasteiger partial charge is 0.329 e. The van der Waals surface area contributed by atoms with E-state index < -0.39 is 29.2 Å². The maximum Gasteiger partial charge on any atom is 0.329 e. The van der Waals surface area contributed by atoms with Gasteiger partial charge in [-0.1, -0.05) is 89.9 Å². The number of carbonyl (C=O) groups is 6. The van der Waals surface area contributed by atoms with E-state index in [1.807, 2.05) is 20.8 Å². The van der Waals surface area contributed by atoms with Gasteiger partial charge >= 0.3 is 17.9 Å². The topological polar surface area (TPSA) is 214 Å². The molecular weight excluding hydrogens is 803 g/mol. The predicted molar refractivity (Wildman–Crippen MR) is 238 cm³/mol. The van der Waals surface area contributed by atoms with Crippen LogP contribution in [0.3, 0.4) is 0 Å². The van der Waals surface area contributed by atoms with E-state index in [2.05, 4.69) is 16.0 Å². The zero-order valence-corrected chi connectivity index (χ0v) is 39.3. The second-order valence-electron chi connectivity index (χ2n) is 17.7. The molecule has 3 amide bonds. The Bertz CT molecular complexity index is 1200. The molecule has 0 rings (SSSR count). The van der Waals surface area contributed by atoms with Crippen molar-refractivity contribution in [2.75, 3.05) is 65.9 Å². The van der Waals surface area contributed by atoms with E-state index in [-0.39, 0.29) is 102 Å². The van der Waals surface area contributed by atoms with Crippen LogP contribution in [0.1, 0.15) is 176 Å². The Balaban J connectivity index is 3.94. The molecule has 62 heavy (non-hydrogen) atoms. The van der Waals surface area contributed by atoms with Crippen molar-refractivity contribution < 1.29 is 62.3 Å². The Morgan fingerprint density at radius 2 is 0.855 bits per heavy atom. The fourth-order valence-corrected chi connectivity index (χ4v) is 6.21. The number of esters is 2. The molecule has 1 atom stereocenters. The molecule has 0 spiro atoms. The van der Waals surface area contributed by atoms with Crippen molar-refractivity contribution in [2.24, 2.45) is 0 Å². The first-order chi connectivity index (χ1) is 29.5. The molecule has 0 fully saturated rings. The van der Waals surface area contributed by atoms with E-state index in [0.29, 0.717) is 19.3 Å². The highest BCUT2D eigenvalue weighted by Crippen LogP contribution is 2.16. The normalized spacial score (nSPS) is 12.1. The van der Waals surface area contributed by atoms with Gasteiger partial charge < -0.3 is 49.5 Å². The van der Waals surface area contributed by atoms with Crippen LogP contribution in [0, 0.1) is 0 Å². The minimum Gasteiger partial charge on any atom is -0.480 e. The average molecular weight is 888 g/mol. The molecular formula is C46H85N3O13. The molecule has 0 aromatic carbocycles. The minimum absolute atomic E-state index is 0.0905. The zero-order valence-electron chi connectivity index (χ0n) is 39.3. The highest BCUT2D eigenvalue weighted by atomic mass is 16.6. The SMILES string of the molecule is CC(C)(C)OC(=O)CCCCCCCCCCCCCCCCCCC(=O)N[C@@H](CCCC(=O)NCCOCCOCC(=O)NCCOCCOCC(=O)O)C(=O)OC(C)(C)C. The molecule has 16 nitrogen and oxygen atoms in total. The summed E-state index contributed by atoms with van der Waals surface area (Å²) in [5.74, 6) is -2.33. The van der Waals surface area contributed by atoms with Gasteiger partial charge in [0.1, 0.15) is 30.5 Å². The van der Waals surface area contributed by atoms with Crippen molar-refractivity contribution in [3.05, 3.63) is 0 Å². The van der Waals surface area contributed by atoms with Gasteiger partial charge in [-0.3, -0.25) is 19.2 Å². The summed E-state index contributed by atoms with van der Waals surface area (Å²) < 4.78 is 31.7. The van der Waals surface area contributed by atoms with E-state index in [0.717, 1.165) is 38.5 Å². The van der Waals surface area contributed by atoms with E-state index in [9.17, 15) is 28.8 Å². The lowest BCUT2D eigenvalue weighted by atomic mass is 10.0. The summed E-state index contributed by atoms with van der Waals surface area (Å²) in [6.45, 7) is 12.4. The van der Waals surface area contributed by atoms with Crippen molar-refractivity contribution in [1.29, 1.82) is 0 Å². The van der Waals surface area contributed by atoms with Crippen LogP contribution in [-0.4, -0.2) is 124 Å². The molecule has 0 aromatic heterocycles. The standard InChI is InChI=1S/C46H85N3O13/c1-45(2,3)61-43(55)27-22-20-18-16-14-12-10-8-7-9-11-13-15-17-19-21-25-40(51)49-38(44(56)62-46(4,5)6)24-23-26-39(50)47-28-30-57-32-34-59-36-41(52)48-29-31-58-33-35-60-37-42(53)54/h38H,7-37H2,1-6H3,(H,47,50)(H,48,52)(H,49,51)(H,53,54)/t38-/m0/s1. The molecule has 0 aliphatic carbocycles.